The minimum Gasteiger partial charge on any atom is -0.466 e. The molecule has 0 radical (unpaired) electrons. The van der Waals surface area contributed by atoms with Gasteiger partial charge < -0.3 is 9.47 Å². The Kier molecular flexibility index (Phi) is 3.81. The number of carbonyl (C=O) groups excluding carboxylic acids is 1. The van der Waals surface area contributed by atoms with E-state index in [0.29, 0.717) is 0 Å². The van der Waals surface area contributed by atoms with Crippen LogP contribution in [0.15, 0.2) is 23.8 Å². The molecule has 1 aliphatic carbocycles. The summed E-state index contributed by atoms with van der Waals surface area (Å²) in [4.78, 5) is 11.3. The van der Waals surface area contributed by atoms with Gasteiger partial charge in [0, 0.05) is 7.11 Å². The van der Waals surface area contributed by atoms with Crippen LogP contribution in [0.4, 0.5) is 0 Å². The van der Waals surface area contributed by atoms with E-state index in [4.69, 9.17) is 4.74 Å². The summed E-state index contributed by atoms with van der Waals surface area (Å²) in [5.41, 5.74) is 0.168. The molecule has 0 saturated heterocycles. The molecule has 0 spiro atoms. The molecule has 0 aromatic rings. The zero-order valence-electron chi connectivity index (χ0n) is 8.26. The maximum Gasteiger partial charge on any atom is 0.336 e. The minimum atomic E-state index is -2.41. The summed E-state index contributed by atoms with van der Waals surface area (Å²) in [6.07, 6.45) is 3.42. The lowest BCUT2D eigenvalue weighted by Gasteiger charge is -2.18. The van der Waals surface area contributed by atoms with E-state index in [1.807, 2.05) is 0 Å². The molecule has 0 saturated carbocycles. The summed E-state index contributed by atoms with van der Waals surface area (Å²) in [7, 11) is 0.136. The highest BCUT2D eigenvalue weighted by molar-refractivity contribution is 7.73. The van der Waals surface area contributed by atoms with Crippen molar-refractivity contribution in [2.24, 2.45) is 0 Å². The molecule has 0 N–H and O–H groups in total. The van der Waals surface area contributed by atoms with Gasteiger partial charge in [-0.1, -0.05) is 6.08 Å². The van der Waals surface area contributed by atoms with E-state index in [-0.39, 0.29) is 10.4 Å². The summed E-state index contributed by atoms with van der Waals surface area (Å²) >= 11 is 0. The van der Waals surface area contributed by atoms with Crippen molar-refractivity contribution in [1.29, 1.82) is 0 Å². The Morgan fingerprint density at radius 3 is 2.53 bits per heavy atom. The average molecular weight is 230 g/mol. The molecular formula is C9H10O5S. The second-order valence-corrected chi connectivity index (χ2v) is 3.67. The van der Waals surface area contributed by atoms with E-state index < -0.39 is 22.4 Å². The first-order valence-electron chi connectivity index (χ1n) is 4.07. The van der Waals surface area contributed by atoms with Crippen LogP contribution < -0.4 is 0 Å². The van der Waals surface area contributed by atoms with E-state index in [9.17, 15) is 13.2 Å². The highest BCUT2D eigenvalue weighted by Crippen LogP contribution is 2.15. The van der Waals surface area contributed by atoms with E-state index in [0.717, 1.165) is 0 Å². The van der Waals surface area contributed by atoms with E-state index in [1.165, 1.54) is 32.4 Å². The molecule has 0 aromatic heterocycles. The monoisotopic (exact) mass is 230 g/mol. The molecule has 82 valence electrons. The Hall–Kier alpha value is -1.40. The SMILES string of the molecule is COC(=O)C1=CC=CC(=S(=O)=O)C1OC. The maximum absolute atomic E-state index is 11.3. The highest BCUT2D eigenvalue weighted by atomic mass is 32.2. The maximum atomic E-state index is 11.3. The van der Waals surface area contributed by atoms with Gasteiger partial charge in [0.1, 0.15) is 11.0 Å². The van der Waals surface area contributed by atoms with E-state index in [2.05, 4.69) is 4.74 Å². The molecule has 1 atom stereocenters. The summed E-state index contributed by atoms with van der Waals surface area (Å²) in [5.74, 6) is -0.603. The molecule has 0 fully saturated rings. The van der Waals surface area contributed by atoms with Gasteiger partial charge in [0.2, 0.25) is 10.3 Å². The molecule has 0 aromatic carbocycles. The van der Waals surface area contributed by atoms with Gasteiger partial charge in [-0.25, -0.2) is 4.79 Å². The van der Waals surface area contributed by atoms with Gasteiger partial charge in [-0.2, -0.15) is 8.42 Å². The van der Waals surface area contributed by atoms with Gasteiger partial charge in [0.15, 0.2) is 0 Å². The Bertz CT molecular complexity index is 447. The highest BCUT2D eigenvalue weighted by Gasteiger charge is 2.27. The molecule has 5 nitrogen and oxygen atoms in total. The van der Waals surface area contributed by atoms with Crippen LogP contribution in [0.25, 0.3) is 0 Å². The summed E-state index contributed by atoms with van der Waals surface area (Å²) in [5, 5.41) is 0. The first kappa shape index (κ1) is 11.7. The Morgan fingerprint density at radius 2 is 2.07 bits per heavy atom. The zero-order chi connectivity index (χ0) is 11.4. The molecule has 0 amide bonds. The van der Waals surface area contributed by atoms with Crippen LogP contribution in [-0.4, -0.2) is 39.6 Å². The lowest BCUT2D eigenvalue weighted by molar-refractivity contribution is -0.137. The Balaban J connectivity index is 3.21. The normalized spacial score (nSPS) is 19.7. The van der Waals surface area contributed by atoms with Gasteiger partial charge in [0.05, 0.1) is 12.7 Å². The van der Waals surface area contributed by atoms with Gasteiger partial charge in [-0.3, -0.25) is 0 Å². The van der Waals surface area contributed by atoms with Crippen molar-refractivity contribution in [2.45, 2.75) is 6.10 Å². The molecule has 1 unspecified atom stereocenters. The summed E-state index contributed by atoms with van der Waals surface area (Å²) < 4.78 is 31.1. The quantitative estimate of drug-likeness (QED) is 0.482. The Morgan fingerprint density at radius 1 is 1.40 bits per heavy atom. The first-order valence-corrected chi connectivity index (χ1v) is 5.14. The summed E-state index contributed by atoms with van der Waals surface area (Å²) in [6, 6.07) is 0. The van der Waals surface area contributed by atoms with Crippen LogP contribution in [0.2, 0.25) is 0 Å². The average Bonchev–Trinajstić information content (AvgIpc) is 2.26. The van der Waals surface area contributed by atoms with Gasteiger partial charge in [-0.05, 0) is 12.2 Å². The van der Waals surface area contributed by atoms with E-state index in [1.54, 1.807) is 0 Å². The molecule has 0 heterocycles. The Labute approximate surface area is 88.5 Å². The topological polar surface area (TPSA) is 69.7 Å². The number of carbonyl (C=O) groups is 1. The molecule has 15 heavy (non-hydrogen) atoms. The number of esters is 1. The summed E-state index contributed by atoms with van der Waals surface area (Å²) in [6.45, 7) is 0. The number of allylic oxidation sites excluding steroid dienone is 2. The fourth-order valence-electron chi connectivity index (χ4n) is 1.25. The largest absolute Gasteiger partial charge is 0.466 e. The van der Waals surface area contributed by atoms with Crippen molar-refractivity contribution >= 4 is 21.1 Å². The van der Waals surface area contributed by atoms with Gasteiger partial charge in [-0.15, -0.1) is 0 Å². The van der Waals surface area contributed by atoms with Crippen molar-refractivity contribution in [3.63, 3.8) is 0 Å². The molecule has 1 rings (SSSR count). The van der Waals surface area contributed by atoms with Crippen molar-refractivity contribution in [3.8, 4) is 0 Å². The van der Waals surface area contributed by atoms with Crippen LogP contribution in [-0.2, 0) is 24.6 Å². The molecule has 1 aliphatic rings. The predicted octanol–water partition coefficient (Wildman–Crippen LogP) is -0.278. The third-order valence-corrected chi connectivity index (χ3v) is 2.66. The van der Waals surface area contributed by atoms with Crippen molar-refractivity contribution in [2.75, 3.05) is 14.2 Å². The van der Waals surface area contributed by atoms with E-state index >= 15 is 0 Å². The number of rotatable bonds is 2. The fraction of sp³-hybridized carbons (Fsp3) is 0.333. The number of hydrogen-bond donors (Lipinski definition) is 0. The lowest BCUT2D eigenvalue weighted by atomic mass is 10.0. The lowest BCUT2D eigenvalue weighted by Crippen LogP contribution is -2.31. The third-order valence-electron chi connectivity index (χ3n) is 1.93. The standard InChI is InChI=1S/C9H10O5S/c1-13-8-6(9(10)14-2)4-3-5-7(8)15(11)12/h3-5,8H,1-2H3. The minimum absolute atomic E-state index is 0.0143. The van der Waals surface area contributed by atoms with Crippen molar-refractivity contribution < 1.29 is 22.7 Å². The van der Waals surface area contributed by atoms with Crippen LogP contribution >= 0.6 is 0 Å². The van der Waals surface area contributed by atoms with Crippen LogP contribution in [0.1, 0.15) is 0 Å². The van der Waals surface area contributed by atoms with Crippen molar-refractivity contribution in [3.05, 3.63) is 23.8 Å². The van der Waals surface area contributed by atoms with Gasteiger partial charge in [0.25, 0.3) is 0 Å². The first-order chi connectivity index (χ1) is 7.11. The van der Waals surface area contributed by atoms with Crippen LogP contribution in [0.3, 0.4) is 0 Å². The predicted molar refractivity (Wildman–Crippen MR) is 54.0 cm³/mol. The number of hydrogen-bond acceptors (Lipinski definition) is 5. The number of ether oxygens (including phenoxy) is 2. The molecule has 0 aliphatic heterocycles. The van der Waals surface area contributed by atoms with Crippen LogP contribution in [0, 0.1) is 0 Å². The second-order valence-electron chi connectivity index (χ2n) is 2.73. The number of methoxy groups -OCH3 is 2. The second kappa shape index (κ2) is 4.90. The molecule has 6 heteroatoms. The van der Waals surface area contributed by atoms with Gasteiger partial charge >= 0.3 is 5.97 Å². The van der Waals surface area contributed by atoms with Crippen molar-refractivity contribution in [1.82, 2.24) is 0 Å². The third kappa shape index (κ3) is 2.34. The van der Waals surface area contributed by atoms with Crippen LogP contribution in [0.5, 0.6) is 0 Å². The fourth-order valence-corrected chi connectivity index (χ4v) is 1.84. The molecular weight excluding hydrogens is 220 g/mol. The smallest absolute Gasteiger partial charge is 0.336 e. The molecule has 0 bridgehead atoms. The zero-order valence-corrected chi connectivity index (χ0v) is 9.08.